The van der Waals surface area contributed by atoms with Crippen molar-refractivity contribution < 1.29 is 27.4 Å². The first-order chi connectivity index (χ1) is 14.3. The van der Waals surface area contributed by atoms with Crippen molar-refractivity contribution in [3.63, 3.8) is 0 Å². The van der Waals surface area contributed by atoms with Gasteiger partial charge in [-0.3, -0.25) is 14.3 Å². The van der Waals surface area contributed by atoms with Gasteiger partial charge in [0.05, 0.1) is 23.3 Å². The third-order valence-electron chi connectivity index (χ3n) is 4.69. The molecule has 0 aliphatic carbocycles. The minimum atomic E-state index is -4.81. The molecular weight excluding hydrogens is 415 g/mol. The molecule has 8 nitrogen and oxygen atoms in total. The van der Waals surface area contributed by atoms with Gasteiger partial charge in [-0.2, -0.15) is 18.3 Å². The summed E-state index contributed by atoms with van der Waals surface area (Å²) in [4.78, 5) is 25.8. The molecule has 11 heteroatoms. The van der Waals surface area contributed by atoms with E-state index in [1.54, 1.807) is 34.6 Å². The summed E-state index contributed by atoms with van der Waals surface area (Å²) in [5.74, 6) is -1.89. The Kier molecular flexibility index (Phi) is 5.64. The Balaban J connectivity index is 1.94. The van der Waals surface area contributed by atoms with Gasteiger partial charge in [0.15, 0.2) is 11.5 Å². The average molecular weight is 437 g/mol. The maximum atomic E-state index is 13.7. The molecule has 166 valence electrons. The first-order valence-corrected chi connectivity index (χ1v) is 9.54. The van der Waals surface area contributed by atoms with E-state index < -0.39 is 46.6 Å². The summed E-state index contributed by atoms with van der Waals surface area (Å²) in [6.07, 6.45) is -3.93. The number of carbonyl (C=O) groups excluding carboxylic acids is 2. The lowest BCUT2D eigenvalue weighted by molar-refractivity contribution is -0.146. The number of amides is 1. The van der Waals surface area contributed by atoms with E-state index >= 15 is 0 Å². The van der Waals surface area contributed by atoms with Crippen LogP contribution in [0.5, 0.6) is 0 Å². The molecule has 31 heavy (non-hydrogen) atoms. The molecular formula is C20H22F3N5O3. The second-order valence-electron chi connectivity index (χ2n) is 8.51. The standard InChI is InChI=1S/C20H22F3N5O3/c1-10(2)15(16(29)11-6-7-13-14(8-11)27-31-26-13)25-18(30)12-9-24-28(19(3,4)5)17(12)20(21,22)23/h6-10,15H,1-5H3,(H,25,30). The van der Waals surface area contributed by atoms with E-state index in [9.17, 15) is 22.8 Å². The van der Waals surface area contributed by atoms with Gasteiger partial charge in [0.1, 0.15) is 11.0 Å². The Morgan fingerprint density at radius 3 is 2.32 bits per heavy atom. The van der Waals surface area contributed by atoms with Crippen LogP contribution in [0.1, 0.15) is 61.0 Å². The molecule has 2 aromatic heterocycles. The van der Waals surface area contributed by atoms with Gasteiger partial charge in [-0.05, 0) is 55.2 Å². The molecule has 0 aliphatic rings. The predicted octanol–water partition coefficient (Wildman–Crippen LogP) is 3.83. The smallest absolute Gasteiger partial charge is 0.341 e. The maximum absolute atomic E-state index is 13.7. The number of hydrogen-bond donors (Lipinski definition) is 1. The van der Waals surface area contributed by atoms with E-state index in [2.05, 4.69) is 25.4 Å². The quantitative estimate of drug-likeness (QED) is 0.609. The van der Waals surface area contributed by atoms with Crippen molar-refractivity contribution in [3.8, 4) is 0 Å². The van der Waals surface area contributed by atoms with Crippen LogP contribution in [0, 0.1) is 5.92 Å². The first kappa shape index (κ1) is 22.4. The van der Waals surface area contributed by atoms with Crippen LogP contribution >= 0.6 is 0 Å². The fourth-order valence-electron chi connectivity index (χ4n) is 3.16. The molecule has 2 heterocycles. The first-order valence-electron chi connectivity index (χ1n) is 9.54. The van der Waals surface area contributed by atoms with Crippen molar-refractivity contribution in [2.45, 2.75) is 52.4 Å². The number of rotatable bonds is 5. The zero-order chi connectivity index (χ0) is 23.1. The van der Waals surface area contributed by atoms with Gasteiger partial charge in [0.2, 0.25) is 0 Å². The Morgan fingerprint density at radius 2 is 1.74 bits per heavy atom. The van der Waals surface area contributed by atoms with Crippen LogP contribution in [0.3, 0.4) is 0 Å². The number of halogens is 3. The van der Waals surface area contributed by atoms with Crippen molar-refractivity contribution in [2.75, 3.05) is 0 Å². The molecule has 0 saturated heterocycles. The topological polar surface area (TPSA) is 103 Å². The lowest BCUT2D eigenvalue weighted by Gasteiger charge is -2.24. The number of hydrogen-bond acceptors (Lipinski definition) is 6. The van der Waals surface area contributed by atoms with Crippen LogP contribution in [0.4, 0.5) is 13.2 Å². The summed E-state index contributed by atoms with van der Waals surface area (Å²) >= 11 is 0. The molecule has 1 atom stereocenters. The summed E-state index contributed by atoms with van der Waals surface area (Å²) < 4.78 is 46.6. The molecule has 0 saturated carbocycles. The summed E-state index contributed by atoms with van der Waals surface area (Å²) in [5.41, 5.74) is -1.78. The van der Waals surface area contributed by atoms with Gasteiger partial charge in [-0.1, -0.05) is 13.8 Å². The van der Waals surface area contributed by atoms with E-state index in [4.69, 9.17) is 0 Å². The predicted molar refractivity (Wildman–Crippen MR) is 104 cm³/mol. The van der Waals surface area contributed by atoms with Gasteiger partial charge >= 0.3 is 6.18 Å². The van der Waals surface area contributed by atoms with Crippen LogP contribution < -0.4 is 5.32 Å². The Bertz CT molecular complexity index is 1130. The number of carbonyl (C=O) groups is 2. The summed E-state index contributed by atoms with van der Waals surface area (Å²) in [6, 6.07) is 3.42. The lowest BCUT2D eigenvalue weighted by atomic mass is 9.94. The second kappa shape index (κ2) is 7.78. The van der Waals surface area contributed by atoms with Crippen molar-refractivity contribution in [1.82, 2.24) is 25.4 Å². The molecule has 0 spiro atoms. The second-order valence-corrected chi connectivity index (χ2v) is 8.51. The van der Waals surface area contributed by atoms with Gasteiger partial charge < -0.3 is 5.32 Å². The number of nitrogens with zero attached hydrogens (tertiary/aromatic N) is 4. The molecule has 1 amide bonds. The third kappa shape index (κ3) is 4.44. The highest BCUT2D eigenvalue weighted by Gasteiger charge is 2.43. The number of ketones is 1. The SMILES string of the molecule is CC(C)C(NC(=O)c1cnn(C(C)(C)C)c1C(F)(F)F)C(=O)c1ccc2nonc2c1. The summed E-state index contributed by atoms with van der Waals surface area (Å²) in [5, 5.41) is 13.6. The molecule has 0 bridgehead atoms. The molecule has 3 rings (SSSR count). The maximum Gasteiger partial charge on any atom is 0.433 e. The lowest BCUT2D eigenvalue weighted by Crippen LogP contribution is -2.45. The highest BCUT2D eigenvalue weighted by molar-refractivity contribution is 6.06. The Hall–Kier alpha value is -3.24. The molecule has 1 N–H and O–H groups in total. The number of aromatic nitrogens is 4. The van der Waals surface area contributed by atoms with E-state index in [0.717, 1.165) is 10.9 Å². The minimum Gasteiger partial charge on any atom is -0.341 e. The van der Waals surface area contributed by atoms with Crippen LogP contribution in [-0.2, 0) is 11.7 Å². The average Bonchev–Trinajstić information content (AvgIpc) is 3.30. The molecule has 1 unspecified atom stereocenters. The number of fused-ring (bicyclic) bond motifs is 1. The molecule has 0 radical (unpaired) electrons. The monoisotopic (exact) mass is 437 g/mol. The number of alkyl halides is 3. The summed E-state index contributed by atoms with van der Waals surface area (Å²) in [7, 11) is 0. The van der Waals surface area contributed by atoms with Gasteiger partial charge in [0.25, 0.3) is 5.91 Å². The fraction of sp³-hybridized carbons (Fsp3) is 0.450. The summed E-state index contributed by atoms with van der Waals surface area (Å²) in [6.45, 7) is 8.01. The van der Waals surface area contributed by atoms with E-state index in [0.29, 0.717) is 11.0 Å². The molecule has 0 fully saturated rings. The van der Waals surface area contributed by atoms with Crippen LogP contribution in [-0.4, -0.2) is 37.8 Å². The van der Waals surface area contributed by atoms with Crippen molar-refractivity contribution >= 4 is 22.7 Å². The van der Waals surface area contributed by atoms with Gasteiger partial charge in [-0.15, -0.1) is 0 Å². The van der Waals surface area contributed by atoms with E-state index in [1.165, 1.54) is 18.2 Å². The van der Waals surface area contributed by atoms with Crippen molar-refractivity contribution in [2.24, 2.45) is 5.92 Å². The molecule has 3 aromatic rings. The fourth-order valence-corrected chi connectivity index (χ4v) is 3.16. The third-order valence-corrected chi connectivity index (χ3v) is 4.69. The molecule has 1 aromatic carbocycles. The zero-order valence-corrected chi connectivity index (χ0v) is 17.6. The zero-order valence-electron chi connectivity index (χ0n) is 17.6. The van der Waals surface area contributed by atoms with Crippen LogP contribution in [0.2, 0.25) is 0 Å². The highest BCUT2D eigenvalue weighted by atomic mass is 19.4. The van der Waals surface area contributed by atoms with Gasteiger partial charge in [-0.25, -0.2) is 4.63 Å². The number of benzene rings is 1. The normalized spacial score (nSPS) is 13.6. The van der Waals surface area contributed by atoms with E-state index in [-0.39, 0.29) is 5.56 Å². The molecule has 0 aliphatic heterocycles. The van der Waals surface area contributed by atoms with Gasteiger partial charge in [0, 0.05) is 5.56 Å². The minimum absolute atomic E-state index is 0.226. The number of Topliss-reactive ketones (excluding diaryl/α,β-unsaturated/α-hetero) is 1. The highest BCUT2D eigenvalue weighted by Crippen LogP contribution is 2.35. The number of nitrogens with one attached hydrogen (secondary N) is 1. The van der Waals surface area contributed by atoms with Crippen LogP contribution in [0.25, 0.3) is 11.0 Å². The van der Waals surface area contributed by atoms with Crippen molar-refractivity contribution in [3.05, 3.63) is 41.2 Å². The van der Waals surface area contributed by atoms with E-state index in [1.807, 2.05) is 0 Å². The Morgan fingerprint density at radius 1 is 1.10 bits per heavy atom. The van der Waals surface area contributed by atoms with Crippen LogP contribution in [0.15, 0.2) is 29.0 Å². The van der Waals surface area contributed by atoms with Crippen molar-refractivity contribution in [1.29, 1.82) is 0 Å². The Labute approximate surface area is 175 Å². The largest absolute Gasteiger partial charge is 0.433 e.